The quantitative estimate of drug-likeness (QED) is 0.0153. The number of carbonyl (C=O) groups is 11. The molecule has 0 saturated heterocycles. The molecule has 0 aliphatic carbocycles. The number of nitrogens with two attached hydrogens (primary N) is 11. The highest BCUT2D eigenvalue weighted by Crippen LogP contribution is 2.10. The van der Waals surface area contributed by atoms with Gasteiger partial charge in [-0.2, -0.15) is 0 Å². The van der Waals surface area contributed by atoms with Gasteiger partial charge >= 0.3 is 5.97 Å². The molecule has 0 fully saturated rings. The summed E-state index contributed by atoms with van der Waals surface area (Å²) in [6.45, 7) is 0.990. The smallest absolute Gasteiger partial charge is 0.326 e. The van der Waals surface area contributed by atoms with Crippen molar-refractivity contribution in [3.8, 4) is 0 Å². The SMILES string of the molecule is CCCCCC(=O)N[C@@H](CCCN=C(N)N)C(=O)NCC(=O)N[C@@H](CCCN=C(N)N)C(=O)N[C@@H](CCCCN)C(=O)NCC(=O)NCC(=O)N[C@@H](CCCN=C(N)N)C(=O)N[C@@H](CCCN=C(N)N)C(=O)N[C@@H](CCCCN)C(=O)N[C@@H](CCCCN)C(=O)O. The highest BCUT2D eigenvalue weighted by atomic mass is 16.4. The van der Waals surface area contributed by atoms with Crippen molar-refractivity contribution in [2.75, 3.05) is 65.4 Å². The van der Waals surface area contributed by atoms with Crippen molar-refractivity contribution < 1.29 is 57.8 Å². The van der Waals surface area contributed by atoms with Gasteiger partial charge in [0.25, 0.3) is 0 Å². The molecular weight excluding hydrogens is 1190 g/mol. The second-order valence-corrected chi connectivity index (χ2v) is 21.3. The number of hydrogen-bond donors (Lipinski definition) is 22. The zero-order chi connectivity index (χ0) is 68.5. The summed E-state index contributed by atoms with van der Waals surface area (Å²) in [5.74, 6) is -9.94. The van der Waals surface area contributed by atoms with Gasteiger partial charge in [-0.05, 0) is 135 Å². The number of amides is 10. The molecule has 0 aliphatic rings. The monoisotopic (exact) mass is 1300 g/mol. The molecule has 0 radical (unpaired) electrons. The van der Waals surface area contributed by atoms with E-state index in [0.717, 1.165) is 12.8 Å². The van der Waals surface area contributed by atoms with E-state index in [2.05, 4.69) is 73.1 Å². The van der Waals surface area contributed by atoms with Gasteiger partial charge < -0.3 is 121 Å². The molecule has 37 heteroatoms. The molecule has 37 nitrogen and oxygen atoms in total. The molecule has 10 amide bonds. The van der Waals surface area contributed by atoms with Crippen LogP contribution in [-0.4, -0.2) is 202 Å². The summed E-state index contributed by atoms with van der Waals surface area (Å²) in [5, 5.41) is 35.2. The van der Waals surface area contributed by atoms with Crippen LogP contribution in [0.4, 0.5) is 0 Å². The third-order valence-corrected chi connectivity index (χ3v) is 13.4. The summed E-state index contributed by atoms with van der Waals surface area (Å²) in [7, 11) is 0. The minimum absolute atomic E-state index is 0.0137. The number of aliphatic carboxylic acids is 1. The summed E-state index contributed by atoms with van der Waals surface area (Å²) in [4.78, 5) is 163. The van der Waals surface area contributed by atoms with Crippen LogP contribution in [0.1, 0.15) is 142 Å². The van der Waals surface area contributed by atoms with E-state index in [1.54, 1.807) is 0 Å². The molecule has 91 heavy (non-hydrogen) atoms. The van der Waals surface area contributed by atoms with Crippen LogP contribution in [0.15, 0.2) is 20.0 Å². The lowest BCUT2D eigenvalue weighted by Gasteiger charge is -2.26. The standard InChI is InChI=1S/C54H105N25O12/c1-2-3-4-22-40(80)73-33(18-11-26-66-51(58)59)44(84)72-32-43(83)75-35(19-12-27-67-52(60)61)46(86)76-34(15-5-8-23-55)45(85)71-30-41(81)70-31-42(82)74-36(20-13-28-68-53(62)63)47(87)78-38(21-14-29-69-54(64)65)48(88)77-37(16-6-9-24-56)49(89)79-39(50(90)91)17-7-10-25-57/h33-39H,2-32,55-57H2,1H3,(H,70,81)(H,71,85)(H,72,84)(H,73,80)(H,74,82)(H,75,83)(H,76,86)(H,77,88)(H,78,87)(H,79,89)(H,90,91)(H4,58,59,66)(H4,60,61,67)(H4,62,63,68)(H4,64,65,69)/t33-,34-,35-,36-,37-,38-,39-/m0/s1. The predicted octanol–water partition coefficient (Wildman–Crippen LogP) is -8.01. The van der Waals surface area contributed by atoms with E-state index in [1.807, 2.05) is 6.92 Å². The Morgan fingerprint density at radius 2 is 0.593 bits per heavy atom. The minimum atomic E-state index is -1.39. The number of nitrogens with zero attached hydrogens (tertiary/aromatic N) is 4. The summed E-state index contributed by atoms with van der Waals surface area (Å²) in [6.07, 6.45) is 5.72. The molecule has 0 aromatic carbocycles. The Kier molecular flexibility index (Phi) is 45.1. The fraction of sp³-hybridized carbons (Fsp3) is 0.722. The largest absolute Gasteiger partial charge is 0.480 e. The van der Waals surface area contributed by atoms with Crippen LogP contribution in [0.25, 0.3) is 0 Å². The van der Waals surface area contributed by atoms with Crippen molar-refractivity contribution in [3.63, 3.8) is 0 Å². The van der Waals surface area contributed by atoms with E-state index >= 15 is 0 Å². The van der Waals surface area contributed by atoms with Crippen LogP contribution < -0.4 is 116 Å². The number of rotatable bonds is 52. The number of nitrogens with one attached hydrogen (secondary N) is 10. The van der Waals surface area contributed by atoms with E-state index in [0.29, 0.717) is 57.9 Å². The first kappa shape index (κ1) is 82.1. The Labute approximate surface area is 530 Å². The summed E-state index contributed by atoms with van der Waals surface area (Å²) >= 11 is 0. The number of carbonyl (C=O) groups excluding carboxylic acids is 10. The van der Waals surface area contributed by atoms with E-state index in [9.17, 15) is 57.8 Å². The summed E-state index contributed by atoms with van der Waals surface area (Å²) < 4.78 is 0. The van der Waals surface area contributed by atoms with Gasteiger partial charge in [-0.1, -0.05) is 19.8 Å². The molecule has 33 N–H and O–H groups in total. The van der Waals surface area contributed by atoms with Crippen molar-refractivity contribution in [3.05, 3.63) is 0 Å². The fourth-order valence-corrected chi connectivity index (χ4v) is 8.57. The average Bonchev–Trinajstić information content (AvgIpc) is 3.70. The van der Waals surface area contributed by atoms with Gasteiger partial charge in [0, 0.05) is 32.6 Å². The molecule has 7 atom stereocenters. The third kappa shape index (κ3) is 41.9. The topological polar surface area (TPSA) is 664 Å². The summed E-state index contributed by atoms with van der Waals surface area (Å²) in [5.41, 5.74) is 60.7. The van der Waals surface area contributed by atoms with Gasteiger partial charge in [-0.25, -0.2) is 4.79 Å². The molecular formula is C54H105N25O12. The highest BCUT2D eigenvalue weighted by molar-refractivity contribution is 5.97. The Hall–Kier alpha value is -8.87. The molecule has 0 heterocycles. The van der Waals surface area contributed by atoms with Gasteiger partial charge in [-0.15, -0.1) is 0 Å². The first-order chi connectivity index (χ1) is 43.3. The molecule has 0 saturated carbocycles. The average molecular weight is 1300 g/mol. The van der Waals surface area contributed by atoms with Gasteiger partial charge in [0.15, 0.2) is 23.8 Å². The third-order valence-electron chi connectivity index (χ3n) is 13.4. The number of guanidine groups is 4. The predicted molar refractivity (Wildman–Crippen MR) is 343 cm³/mol. The molecule has 0 spiro atoms. The number of carboxylic acid groups (broad SMARTS) is 1. The van der Waals surface area contributed by atoms with Crippen LogP contribution in [0.5, 0.6) is 0 Å². The van der Waals surface area contributed by atoms with E-state index in [4.69, 9.17) is 63.1 Å². The van der Waals surface area contributed by atoms with Crippen LogP contribution in [0, 0.1) is 0 Å². The van der Waals surface area contributed by atoms with Gasteiger partial charge in [0.05, 0.1) is 19.6 Å². The zero-order valence-corrected chi connectivity index (χ0v) is 52.5. The van der Waals surface area contributed by atoms with Crippen molar-refractivity contribution in [2.45, 2.75) is 184 Å². The van der Waals surface area contributed by atoms with Gasteiger partial charge in [-0.3, -0.25) is 67.9 Å². The second-order valence-electron chi connectivity index (χ2n) is 21.3. The Balaban J connectivity index is 6.41. The van der Waals surface area contributed by atoms with Crippen molar-refractivity contribution in [2.24, 2.45) is 83.0 Å². The molecule has 518 valence electrons. The van der Waals surface area contributed by atoms with Crippen molar-refractivity contribution >= 4 is 88.9 Å². The van der Waals surface area contributed by atoms with Crippen LogP contribution in [0.3, 0.4) is 0 Å². The fourth-order valence-electron chi connectivity index (χ4n) is 8.57. The lowest BCUT2D eigenvalue weighted by Crippen LogP contribution is -2.58. The molecule has 0 aliphatic heterocycles. The molecule has 0 unspecified atom stereocenters. The number of carboxylic acids is 1. The lowest BCUT2D eigenvalue weighted by atomic mass is 10.0. The Morgan fingerprint density at radius 1 is 0.319 bits per heavy atom. The molecule has 0 aromatic rings. The number of aliphatic imine (C=N–C) groups is 4. The van der Waals surface area contributed by atoms with Crippen molar-refractivity contribution in [1.29, 1.82) is 0 Å². The maximum Gasteiger partial charge on any atom is 0.326 e. The molecule has 0 bridgehead atoms. The molecule has 0 rings (SSSR count). The van der Waals surface area contributed by atoms with Gasteiger partial charge in [0.1, 0.15) is 42.3 Å². The molecule has 0 aromatic heterocycles. The Morgan fingerprint density at radius 3 is 0.923 bits per heavy atom. The minimum Gasteiger partial charge on any atom is -0.480 e. The number of hydrogen-bond acceptors (Lipinski definition) is 18. The van der Waals surface area contributed by atoms with E-state index < -0.39 is 121 Å². The normalized spacial score (nSPS) is 13.0. The zero-order valence-electron chi connectivity index (χ0n) is 52.5. The second kappa shape index (κ2) is 49.9. The Bertz CT molecular complexity index is 2380. The maximum atomic E-state index is 14.1. The lowest BCUT2D eigenvalue weighted by molar-refractivity contribution is -0.142. The van der Waals surface area contributed by atoms with E-state index in [1.165, 1.54) is 0 Å². The summed E-state index contributed by atoms with van der Waals surface area (Å²) in [6, 6.07) is -8.96. The van der Waals surface area contributed by atoms with Crippen LogP contribution in [0.2, 0.25) is 0 Å². The highest BCUT2D eigenvalue weighted by Gasteiger charge is 2.32. The van der Waals surface area contributed by atoms with Crippen LogP contribution in [-0.2, 0) is 52.7 Å². The number of unbranched alkanes of at least 4 members (excludes halogenated alkanes) is 5. The maximum absolute atomic E-state index is 14.1. The first-order valence-electron chi connectivity index (χ1n) is 30.7. The van der Waals surface area contributed by atoms with Crippen molar-refractivity contribution in [1.82, 2.24) is 53.2 Å². The van der Waals surface area contributed by atoms with Gasteiger partial charge in [0.2, 0.25) is 59.1 Å². The van der Waals surface area contributed by atoms with E-state index in [-0.39, 0.29) is 140 Å². The van der Waals surface area contributed by atoms with Crippen LogP contribution >= 0.6 is 0 Å². The first-order valence-corrected chi connectivity index (χ1v) is 30.7.